The summed E-state index contributed by atoms with van der Waals surface area (Å²) in [5.74, 6) is 0.247. The van der Waals surface area contributed by atoms with Gasteiger partial charge in [0.2, 0.25) is 5.91 Å². The Kier molecular flexibility index (Phi) is 6.74. The van der Waals surface area contributed by atoms with Gasteiger partial charge in [0.05, 0.1) is 23.9 Å². The number of piperidine rings is 1. The van der Waals surface area contributed by atoms with Gasteiger partial charge in [-0.2, -0.15) is 5.10 Å². The first kappa shape index (κ1) is 24.4. The van der Waals surface area contributed by atoms with E-state index in [-0.39, 0.29) is 23.9 Å². The second-order valence-corrected chi connectivity index (χ2v) is 11.0. The van der Waals surface area contributed by atoms with Gasteiger partial charge in [-0.1, -0.05) is 13.0 Å². The van der Waals surface area contributed by atoms with Gasteiger partial charge in [0.25, 0.3) is 6.43 Å². The molecule has 1 amide bonds. The van der Waals surface area contributed by atoms with Crippen LogP contribution in [-0.4, -0.2) is 90.9 Å². The fraction of sp³-hybridized carbons (Fsp3) is 0.692. The second-order valence-electron chi connectivity index (χ2n) is 11.0. The lowest BCUT2D eigenvalue weighted by Gasteiger charge is -2.41. The monoisotopic (exact) mass is 489 g/mol. The van der Waals surface area contributed by atoms with E-state index in [1.54, 1.807) is 0 Å². The maximum absolute atomic E-state index is 12.7. The molecule has 2 saturated heterocycles. The number of carbonyl (C=O) groups excluding carboxylic acids is 1. The van der Waals surface area contributed by atoms with Gasteiger partial charge in [0.1, 0.15) is 0 Å². The molecule has 1 aromatic carbocycles. The van der Waals surface area contributed by atoms with Crippen LogP contribution in [0.5, 0.6) is 0 Å². The van der Waals surface area contributed by atoms with Crippen LogP contribution in [0.3, 0.4) is 0 Å². The minimum Gasteiger partial charge on any atom is -0.390 e. The molecular weight excluding hydrogens is 452 g/mol. The van der Waals surface area contributed by atoms with Crippen LogP contribution in [0.25, 0.3) is 0 Å². The van der Waals surface area contributed by atoms with Crippen molar-refractivity contribution >= 4 is 23.5 Å². The normalized spacial score (nSPS) is 26.0. The lowest BCUT2D eigenvalue weighted by atomic mass is 9.84. The first-order chi connectivity index (χ1) is 16.7. The minimum absolute atomic E-state index is 0.0707. The number of rotatable bonds is 7. The van der Waals surface area contributed by atoms with Crippen LogP contribution >= 0.6 is 0 Å². The van der Waals surface area contributed by atoms with Crippen LogP contribution in [-0.2, 0) is 4.79 Å². The molecule has 1 aromatic rings. The zero-order chi connectivity index (χ0) is 24.6. The number of nitrogens with zero attached hydrogens (tertiary/aromatic N) is 5. The molecule has 1 atom stereocenters. The lowest BCUT2D eigenvalue weighted by Crippen LogP contribution is -2.50. The molecule has 9 heteroatoms. The molecule has 3 fully saturated rings. The number of hydrogen-bond donors (Lipinski definition) is 1. The SMILES string of the molecule is CC1(C(=O)N2CCC(O)(CC3CC=NN3c3cccc(N4CCN(CC(F)F)CC4)c3)CC2)CC1. The molecule has 0 bridgehead atoms. The summed E-state index contributed by atoms with van der Waals surface area (Å²) in [5, 5.41) is 18.0. The Balaban J connectivity index is 1.19. The summed E-state index contributed by atoms with van der Waals surface area (Å²) in [5.41, 5.74) is 1.09. The van der Waals surface area contributed by atoms with Crippen molar-refractivity contribution in [1.82, 2.24) is 9.80 Å². The van der Waals surface area contributed by atoms with Gasteiger partial charge >= 0.3 is 0 Å². The summed E-state index contributed by atoms with van der Waals surface area (Å²) < 4.78 is 25.4. The van der Waals surface area contributed by atoms with Gasteiger partial charge in [-0.25, -0.2) is 8.78 Å². The number of hydrogen-bond acceptors (Lipinski definition) is 6. The predicted octanol–water partition coefficient (Wildman–Crippen LogP) is 3.18. The number of alkyl halides is 2. The Labute approximate surface area is 206 Å². The molecule has 1 unspecified atom stereocenters. The molecule has 1 N–H and O–H groups in total. The molecule has 3 aliphatic heterocycles. The van der Waals surface area contributed by atoms with E-state index in [0.29, 0.717) is 45.4 Å². The van der Waals surface area contributed by atoms with E-state index in [2.05, 4.69) is 22.1 Å². The van der Waals surface area contributed by atoms with Gasteiger partial charge in [-0.3, -0.25) is 14.7 Å². The number of likely N-dealkylation sites (tertiary alicyclic amines) is 1. The number of anilines is 2. The number of piperazine rings is 1. The van der Waals surface area contributed by atoms with Crippen LogP contribution in [0.15, 0.2) is 29.4 Å². The molecule has 0 aromatic heterocycles. The molecule has 1 saturated carbocycles. The zero-order valence-electron chi connectivity index (χ0n) is 20.6. The molecule has 3 heterocycles. The van der Waals surface area contributed by atoms with E-state index in [0.717, 1.165) is 43.7 Å². The summed E-state index contributed by atoms with van der Waals surface area (Å²) >= 11 is 0. The topological polar surface area (TPSA) is 62.6 Å². The second kappa shape index (κ2) is 9.65. The van der Waals surface area contributed by atoms with Crippen molar-refractivity contribution in [2.75, 3.05) is 55.7 Å². The van der Waals surface area contributed by atoms with Crippen molar-refractivity contribution in [3.63, 3.8) is 0 Å². The molecule has 192 valence electrons. The Bertz CT molecular complexity index is 937. The fourth-order valence-corrected chi connectivity index (χ4v) is 5.67. The quantitative estimate of drug-likeness (QED) is 0.638. The first-order valence-corrected chi connectivity index (χ1v) is 12.9. The molecule has 1 aliphatic carbocycles. The minimum atomic E-state index is -2.29. The summed E-state index contributed by atoms with van der Waals surface area (Å²) in [6, 6.07) is 8.29. The summed E-state index contributed by atoms with van der Waals surface area (Å²) in [7, 11) is 0. The number of amides is 1. The fourth-order valence-electron chi connectivity index (χ4n) is 5.67. The third-order valence-electron chi connectivity index (χ3n) is 8.27. The van der Waals surface area contributed by atoms with Crippen LogP contribution < -0.4 is 9.91 Å². The largest absolute Gasteiger partial charge is 0.390 e. The lowest BCUT2D eigenvalue weighted by molar-refractivity contribution is -0.140. The highest BCUT2D eigenvalue weighted by Crippen LogP contribution is 2.47. The third-order valence-corrected chi connectivity index (χ3v) is 8.27. The van der Waals surface area contributed by atoms with Crippen molar-refractivity contribution in [1.29, 1.82) is 0 Å². The predicted molar refractivity (Wildman–Crippen MR) is 133 cm³/mol. The number of benzene rings is 1. The van der Waals surface area contributed by atoms with Crippen LogP contribution in [0.2, 0.25) is 0 Å². The number of halogens is 2. The van der Waals surface area contributed by atoms with Crippen molar-refractivity contribution in [2.45, 2.75) is 63.5 Å². The molecule has 0 radical (unpaired) electrons. The third kappa shape index (κ3) is 5.45. The molecule has 5 rings (SSSR count). The molecule has 7 nitrogen and oxygen atoms in total. The average molecular weight is 490 g/mol. The molecule has 35 heavy (non-hydrogen) atoms. The van der Waals surface area contributed by atoms with Gasteiger partial charge in [0, 0.05) is 63.0 Å². The smallest absolute Gasteiger partial charge is 0.251 e. The van der Waals surface area contributed by atoms with E-state index >= 15 is 0 Å². The van der Waals surface area contributed by atoms with E-state index < -0.39 is 12.0 Å². The van der Waals surface area contributed by atoms with Crippen molar-refractivity contribution in [2.24, 2.45) is 10.5 Å². The van der Waals surface area contributed by atoms with Crippen molar-refractivity contribution in [3.05, 3.63) is 24.3 Å². The van der Waals surface area contributed by atoms with E-state index in [1.165, 1.54) is 0 Å². The number of hydrazone groups is 1. The highest BCUT2D eigenvalue weighted by Gasteiger charge is 2.48. The maximum atomic E-state index is 12.7. The standard InChI is InChI=1S/C26H37F2N5O2/c1-25(6-7-25)24(34)32-11-8-26(35,9-12-32)18-22-5-10-29-33(22)21-4-2-3-20(17-21)31-15-13-30(14-16-31)19-23(27)28/h2-4,10,17,22-23,35H,5-9,11-16,18-19H2,1H3. The summed E-state index contributed by atoms with van der Waals surface area (Å²) in [6.45, 7) is 5.81. The summed E-state index contributed by atoms with van der Waals surface area (Å²) in [4.78, 5) is 18.7. The highest BCUT2D eigenvalue weighted by molar-refractivity contribution is 5.85. The van der Waals surface area contributed by atoms with Crippen LogP contribution in [0.1, 0.15) is 45.4 Å². The van der Waals surface area contributed by atoms with Gasteiger partial charge in [0.15, 0.2) is 0 Å². The van der Waals surface area contributed by atoms with E-state index in [9.17, 15) is 18.7 Å². The molecular formula is C26H37F2N5O2. The Morgan fingerprint density at radius 3 is 2.43 bits per heavy atom. The highest BCUT2D eigenvalue weighted by atomic mass is 19.3. The average Bonchev–Trinajstić information content (AvgIpc) is 3.43. The Hall–Kier alpha value is -2.26. The molecule has 4 aliphatic rings. The number of aliphatic hydroxyl groups is 1. The maximum Gasteiger partial charge on any atom is 0.251 e. The van der Waals surface area contributed by atoms with E-state index in [4.69, 9.17) is 0 Å². The molecule has 0 spiro atoms. The zero-order valence-corrected chi connectivity index (χ0v) is 20.6. The van der Waals surface area contributed by atoms with Gasteiger partial charge in [-0.15, -0.1) is 0 Å². The van der Waals surface area contributed by atoms with Crippen LogP contribution in [0.4, 0.5) is 20.2 Å². The number of carbonyl (C=O) groups is 1. The Morgan fingerprint density at radius 2 is 1.77 bits per heavy atom. The summed E-state index contributed by atoms with van der Waals surface area (Å²) in [6.07, 6.45) is 4.17. The van der Waals surface area contributed by atoms with Gasteiger partial charge < -0.3 is 14.9 Å². The first-order valence-electron chi connectivity index (χ1n) is 12.9. The Morgan fingerprint density at radius 1 is 1.09 bits per heavy atom. The van der Waals surface area contributed by atoms with Crippen LogP contribution in [0, 0.1) is 5.41 Å². The van der Waals surface area contributed by atoms with Crippen molar-refractivity contribution in [3.8, 4) is 0 Å². The van der Waals surface area contributed by atoms with Crippen molar-refractivity contribution < 1.29 is 18.7 Å². The van der Waals surface area contributed by atoms with Gasteiger partial charge in [-0.05, 0) is 50.3 Å². The van der Waals surface area contributed by atoms with E-state index in [1.807, 2.05) is 40.1 Å².